The normalized spacial score (nSPS) is 27.2. The van der Waals surface area contributed by atoms with Crippen LogP contribution in [0, 0.1) is 5.92 Å². The molecule has 1 heterocycles. The number of hydrogen-bond donors (Lipinski definition) is 3. The molecule has 4 atom stereocenters. The molecule has 110 valence electrons. The summed E-state index contributed by atoms with van der Waals surface area (Å²) >= 11 is 0. The van der Waals surface area contributed by atoms with Crippen LogP contribution in [0.5, 0.6) is 5.75 Å². The van der Waals surface area contributed by atoms with E-state index in [9.17, 15) is 9.90 Å². The molecule has 4 unspecified atom stereocenters. The number of hydrazine groups is 1. The molecule has 1 aromatic carbocycles. The van der Waals surface area contributed by atoms with Crippen LogP contribution in [-0.2, 0) is 4.79 Å². The summed E-state index contributed by atoms with van der Waals surface area (Å²) in [6.45, 7) is 5.95. The molecule has 3 N–H and O–H groups in total. The summed E-state index contributed by atoms with van der Waals surface area (Å²) in [7, 11) is 0. The van der Waals surface area contributed by atoms with Gasteiger partial charge in [-0.15, -0.1) is 0 Å². The highest BCUT2D eigenvalue weighted by atomic mass is 16.5. The van der Waals surface area contributed by atoms with Crippen molar-refractivity contribution in [3.63, 3.8) is 0 Å². The molecule has 2 rings (SSSR count). The lowest BCUT2D eigenvalue weighted by molar-refractivity contribution is -0.142. The molecule has 1 aliphatic rings. The molecule has 1 fully saturated rings. The number of rotatable bonds is 5. The summed E-state index contributed by atoms with van der Waals surface area (Å²) in [4.78, 5) is 11.4. The van der Waals surface area contributed by atoms with E-state index in [0.29, 0.717) is 0 Å². The van der Waals surface area contributed by atoms with Crippen LogP contribution in [0.25, 0.3) is 0 Å². The van der Waals surface area contributed by atoms with Gasteiger partial charge in [0.25, 0.3) is 0 Å². The maximum absolute atomic E-state index is 11.4. The van der Waals surface area contributed by atoms with Gasteiger partial charge in [-0.25, -0.2) is 5.43 Å². The Balaban J connectivity index is 2.20. The Morgan fingerprint density at radius 2 is 2.20 bits per heavy atom. The Labute approximate surface area is 119 Å². The zero-order valence-corrected chi connectivity index (χ0v) is 12.1. The summed E-state index contributed by atoms with van der Waals surface area (Å²) in [5.41, 5.74) is 6.99. The Morgan fingerprint density at radius 3 is 2.85 bits per heavy atom. The average molecular weight is 278 g/mol. The van der Waals surface area contributed by atoms with Gasteiger partial charge in [-0.05, 0) is 38.0 Å². The monoisotopic (exact) mass is 278 g/mol. The topological polar surface area (TPSA) is 70.6 Å². The molecule has 1 aromatic rings. The number of nitrogens with one attached hydrogen (secondary N) is 2. The third-order valence-corrected chi connectivity index (χ3v) is 3.78. The highest BCUT2D eigenvalue weighted by molar-refractivity contribution is 5.72. The minimum Gasteiger partial charge on any atom is -0.491 e. The number of hydrogen-bond acceptors (Lipinski definition) is 4. The Bertz CT molecular complexity index is 478. The molecule has 0 amide bonds. The van der Waals surface area contributed by atoms with Gasteiger partial charge >= 0.3 is 5.97 Å². The van der Waals surface area contributed by atoms with Crippen molar-refractivity contribution in [3.8, 4) is 5.75 Å². The van der Waals surface area contributed by atoms with Gasteiger partial charge in [0.1, 0.15) is 5.75 Å². The van der Waals surface area contributed by atoms with Gasteiger partial charge in [0.15, 0.2) is 0 Å². The molecule has 0 aliphatic carbocycles. The predicted octanol–water partition coefficient (Wildman–Crippen LogP) is 2.10. The van der Waals surface area contributed by atoms with Crippen LogP contribution in [0.2, 0.25) is 0 Å². The van der Waals surface area contributed by atoms with E-state index in [1.807, 2.05) is 38.1 Å². The summed E-state index contributed by atoms with van der Waals surface area (Å²) < 4.78 is 5.79. The second kappa shape index (κ2) is 6.24. The van der Waals surface area contributed by atoms with E-state index in [4.69, 9.17) is 4.74 Å². The van der Waals surface area contributed by atoms with E-state index in [0.717, 1.165) is 17.7 Å². The van der Waals surface area contributed by atoms with E-state index in [1.165, 1.54) is 0 Å². The quantitative estimate of drug-likeness (QED) is 0.769. The second-order valence-corrected chi connectivity index (χ2v) is 5.33. The zero-order chi connectivity index (χ0) is 14.7. The van der Waals surface area contributed by atoms with Crippen molar-refractivity contribution in [1.29, 1.82) is 0 Å². The first-order valence-electron chi connectivity index (χ1n) is 7.03. The third-order valence-electron chi connectivity index (χ3n) is 3.78. The van der Waals surface area contributed by atoms with Gasteiger partial charge in [-0.1, -0.05) is 19.1 Å². The Morgan fingerprint density at radius 1 is 1.45 bits per heavy atom. The summed E-state index contributed by atoms with van der Waals surface area (Å²) in [6, 6.07) is 7.28. The molecule has 0 aromatic heterocycles. The molecule has 0 spiro atoms. The first kappa shape index (κ1) is 14.8. The van der Waals surface area contributed by atoms with Crippen LogP contribution in [-0.4, -0.2) is 23.2 Å². The SMILES string of the molecule is CCC(C)Oc1cccc(C2NNC(C)C2C(=O)O)c1. The highest BCUT2D eigenvalue weighted by Gasteiger charge is 2.39. The average Bonchev–Trinajstić information content (AvgIpc) is 2.81. The summed E-state index contributed by atoms with van der Waals surface area (Å²) in [5.74, 6) is -0.510. The molecule has 1 aliphatic heterocycles. The minimum atomic E-state index is -0.798. The van der Waals surface area contributed by atoms with Crippen molar-refractivity contribution >= 4 is 5.97 Å². The van der Waals surface area contributed by atoms with E-state index < -0.39 is 11.9 Å². The van der Waals surface area contributed by atoms with Crippen LogP contribution < -0.4 is 15.6 Å². The third kappa shape index (κ3) is 3.11. The maximum atomic E-state index is 11.4. The fraction of sp³-hybridized carbons (Fsp3) is 0.533. The Kier molecular flexibility index (Phi) is 4.62. The molecule has 5 heteroatoms. The van der Waals surface area contributed by atoms with Crippen molar-refractivity contribution in [1.82, 2.24) is 10.9 Å². The number of benzene rings is 1. The first-order chi connectivity index (χ1) is 9.52. The van der Waals surface area contributed by atoms with E-state index in [1.54, 1.807) is 0 Å². The summed E-state index contributed by atoms with van der Waals surface area (Å²) in [6.07, 6.45) is 1.08. The van der Waals surface area contributed by atoms with E-state index in [2.05, 4.69) is 17.8 Å². The van der Waals surface area contributed by atoms with Crippen molar-refractivity contribution < 1.29 is 14.6 Å². The molecule has 1 saturated heterocycles. The predicted molar refractivity (Wildman–Crippen MR) is 76.4 cm³/mol. The number of carboxylic acid groups (broad SMARTS) is 1. The van der Waals surface area contributed by atoms with Crippen molar-refractivity contribution in [3.05, 3.63) is 29.8 Å². The Hall–Kier alpha value is -1.59. The number of aliphatic carboxylic acids is 1. The van der Waals surface area contributed by atoms with Crippen molar-refractivity contribution in [2.75, 3.05) is 0 Å². The van der Waals surface area contributed by atoms with E-state index in [-0.39, 0.29) is 18.2 Å². The van der Waals surface area contributed by atoms with Gasteiger partial charge in [-0.3, -0.25) is 10.2 Å². The molecular formula is C15H22N2O3. The van der Waals surface area contributed by atoms with Crippen molar-refractivity contribution in [2.24, 2.45) is 5.92 Å². The van der Waals surface area contributed by atoms with Crippen LogP contribution >= 0.6 is 0 Å². The molecule has 5 nitrogen and oxygen atoms in total. The molecule has 20 heavy (non-hydrogen) atoms. The number of carboxylic acids is 1. The fourth-order valence-electron chi connectivity index (χ4n) is 2.43. The summed E-state index contributed by atoms with van der Waals surface area (Å²) in [5, 5.41) is 9.36. The van der Waals surface area contributed by atoms with Crippen molar-refractivity contribution in [2.45, 2.75) is 45.4 Å². The standard InChI is InChI=1S/C15H22N2O3/c1-4-9(2)20-12-7-5-6-11(8-12)14-13(15(18)19)10(3)16-17-14/h5-10,13-14,16-17H,4H2,1-3H3,(H,18,19). The van der Waals surface area contributed by atoms with Crippen LogP contribution in [0.1, 0.15) is 38.8 Å². The van der Waals surface area contributed by atoms with Gasteiger partial charge in [0.2, 0.25) is 0 Å². The smallest absolute Gasteiger partial charge is 0.310 e. The van der Waals surface area contributed by atoms with Crippen LogP contribution in [0.15, 0.2) is 24.3 Å². The zero-order valence-electron chi connectivity index (χ0n) is 12.1. The molecular weight excluding hydrogens is 256 g/mol. The number of ether oxygens (including phenoxy) is 1. The number of carbonyl (C=O) groups is 1. The molecule has 0 saturated carbocycles. The van der Waals surface area contributed by atoms with Gasteiger partial charge in [0, 0.05) is 6.04 Å². The first-order valence-corrected chi connectivity index (χ1v) is 7.03. The minimum absolute atomic E-state index is 0.114. The highest BCUT2D eigenvalue weighted by Crippen LogP contribution is 2.31. The van der Waals surface area contributed by atoms with Gasteiger partial charge < -0.3 is 9.84 Å². The van der Waals surface area contributed by atoms with Crippen LogP contribution in [0.4, 0.5) is 0 Å². The fourth-order valence-corrected chi connectivity index (χ4v) is 2.43. The largest absolute Gasteiger partial charge is 0.491 e. The molecule has 0 radical (unpaired) electrons. The van der Waals surface area contributed by atoms with Gasteiger partial charge in [-0.2, -0.15) is 0 Å². The lowest BCUT2D eigenvalue weighted by Crippen LogP contribution is -2.30. The van der Waals surface area contributed by atoms with E-state index >= 15 is 0 Å². The maximum Gasteiger partial charge on any atom is 0.310 e. The second-order valence-electron chi connectivity index (χ2n) is 5.33. The molecule has 0 bridgehead atoms. The lowest BCUT2D eigenvalue weighted by Gasteiger charge is -2.19. The lowest BCUT2D eigenvalue weighted by atomic mass is 9.90. The van der Waals surface area contributed by atoms with Gasteiger partial charge in [0.05, 0.1) is 18.1 Å². The van der Waals surface area contributed by atoms with Crippen LogP contribution in [0.3, 0.4) is 0 Å².